The van der Waals surface area contributed by atoms with E-state index in [4.69, 9.17) is 14.5 Å². The van der Waals surface area contributed by atoms with Crippen LogP contribution in [0.15, 0.2) is 17.4 Å². The third-order valence-electron chi connectivity index (χ3n) is 4.13. The molecule has 1 N–H and O–H groups in total. The first-order valence-electron chi connectivity index (χ1n) is 9.31. The quantitative estimate of drug-likeness (QED) is 0.269. The molecule has 0 spiro atoms. The maximum absolute atomic E-state index is 5.91. The van der Waals surface area contributed by atoms with E-state index in [-0.39, 0.29) is 30.1 Å². The van der Waals surface area contributed by atoms with Crippen LogP contribution in [0.25, 0.3) is 0 Å². The average Bonchev–Trinajstić information content (AvgIpc) is 3.03. The summed E-state index contributed by atoms with van der Waals surface area (Å²) >= 11 is 0. The van der Waals surface area contributed by atoms with Crippen LogP contribution in [0.4, 0.5) is 0 Å². The maximum atomic E-state index is 5.91. The van der Waals surface area contributed by atoms with Crippen LogP contribution in [-0.2, 0) is 16.5 Å². The summed E-state index contributed by atoms with van der Waals surface area (Å²) in [6.45, 7) is 11.8. The van der Waals surface area contributed by atoms with Crippen molar-refractivity contribution in [3.05, 3.63) is 18.0 Å². The number of hydrogen-bond donors (Lipinski definition) is 1. The number of aliphatic imine (C=N–C) groups is 1. The molecule has 1 unspecified atom stereocenters. The Morgan fingerprint density at radius 2 is 2.27 bits per heavy atom. The van der Waals surface area contributed by atoms with Gasteiger partial charge in [-0.05, 0) is 19.3 Å². The number of rotatable bonds is 8. The summed E-state index contributed by atoms with van der Waals surface area (Å²) in [4.78, 5) is 6.98. The fraction of sp³-hybridized carbons (Fsp3) is 0.778. The number of nitrogens with zero attached hydrogens (tertiary/aromatic N) is 4. The Bertz CT molecular complexity index is 535. The molecule has 0 radical (unpaired) electrons. The topological polar surface area (TPSA) is 63.9 Å². The molecule has 1 atom stereocenters. The summed E-state index contributed by atoms with van der Waals surface area (Å²) in [7, 11) is 1.93. The van der Waals surface area contributed by atoms with Crippen LogP contribution < -0.4 is 5.32 Å². The highest BCUT2D eigenvalue weighted by Gasteiger charge is 2.25. The molecule has 26 heavy (non-hydrogen) atoms. The van der Waals surface area contributed by atoms with Gasteiger partial charge < -0.3 is 19.7 Å². The maximum Gasteiger partial charge on any atom is 0.194 e. The fourth-order valence-electron chi connectivity index (χ4n) is 2.71. The number of guanidine groups is 1. The molecule has 150 valence electrons. The van der Waals surface area contributed by atoms with Gasteiger partial charge in [-0.2, -0.15) is 5.10 Å². The molecule has 8 heteroatoms. The van der Waals surface area contributed by atoms with Gasteiger partial charge in [-0.1, -0.05) is 13.8 Å². The van der Waals surface area contributed by atoms with Gasteiger partial charge >= 0.3 is 0 Å². The van der Waals surface area contributed by atoms with Gasteiger partial charge in [0.2, 0.25) is 0 Å². The monoisotopic (exact) mass is 479 g/mol. The second-order valence-corrected chi connectivity index (χ2v) is 6.78. The van der Waals surface area contributed by atoms with Crippen LogP contribution in [0.1, 0.15) is 38.9 Å². The zero-order valence-electron chi connectivity index (χ0n) is 16.5. The standard InChI is InChI=1S/C18H33N5O2.HI/c1-5-19-18(20-7-10-24-9-6-15(2)3)23-8-11-25-17(14-23)16-12-21-22(4)13-16;/h12-13,15,17H,5-11,14H2,1-4H3,(H,19,20);1H. The summed E-state index contributed by atoms with van der Waals surface area (Å²) in [5, 5.41) is 7.63. The highest BCUT2D eigenvalue weighted by Crippen LogP contribution is 2.21. The molecule has 0 aromatic carbocycles. The molecule has 1 saturated heterocycles. The molecule has 1 aliphatic heterocycles. The third kappa shape index (κ3) is 7.79. The van der Waals surface area contributed by atoms with E-state index >= 15 is 0 Å². The van der Waals surface area contributed by atoms with Gasteiger partial charge in [0.15, 0.2) is 5.96 Å². The van der Waals surface area contributed by atoms with Gasteiger partial charge in [-0.3, -0.25) is 9.67 Å². The molecule has 2 rings (SSSR count). The Morgan fingerprint density at radius 3 is 2.92 bits per heavy atom. The number of ether oxygens (including phenoxy) is 2. The lowest BCUT2D eigenvalue weighted by atomic mass is 10.1. The molecule has 0 bridgehead atoms. The summed E-state index contributed by atoms with van der Waals surface area (Å²) in [6.07, 6.45) is 5.02. The Hall–Kier alpha value is -0.870. The number of halogens is 1. The van der Waals surface area contributed by atoms with Crippen molar-refractivity contribution in [3.63, 3.8) is 0 Å². The van der Waals surface area contributed by atoms with Crippen LogP contribution >= 0.6 is 24.0 Å². The van der Waals surface area contributed by atoms with Crippen molar-refractivity contribution < 1.29 is 9.47 Å². The summed E-state index contributed by atoms with van der Waals surface area (Å²) in [5.41, 5.74) is 1.11. The first-order chi connectivity index (χ1) is 12.1. The number of aromatic nitrogens is 2. The largest absolute Gasteiger partial charge is 0.380 e. The van der Waals surface area contributed by atoms with Crippen molar-refractivity contribution >= 4 is 29.9 Å². The predicted molar refractivity (Wildman–Crippen MR) is 115 cm³/mol. The average molecular weight is 479 g/mol. The van der Waals surface area contributed by atoms with E-state index in [1.807, 2.05) is 24.1 Å². The lowest BCUT2D eigenvalue weighted by molar-refractivity contribution is -0.00809. The van der Waals surface area contributed by atoms with Gasteiger partial charge in [-0.15, -0.1) is 24.0 Å². The predicted octanol–water partition coefficient (Wildman–Crippen LogP) is 2.44. The summed E-state index contributed by atoms with van der Waals surface area (Å²) in [6, 6.07) is 0. The van der Waals surface area contributed by atoms with Crippen LogP contribution in [0.3, 0.4) is 0 Å². The molecule has 1 aliphatic rings. The molecule has 1 fully saturated rings. The Kier molecular flexibility index (Phi) is 11.1. The normalized spacial score (nSPS) is 18.1. The highest BCUT2D eigenvalue weighted by molar-refractivity contribution is 14.0. The second-order valence-electron chi connectivity index (χ2n) is 6.78. The molecule has 0 amide bonds. The number of nitrogens with one attached hydrogen (secondary N) is 1. The number of hydrogen-bond acceptors (Lipinski definition) is 4. The SMILES string of the molecule is CCNC(=NCCOCCC(C)C)N1CCOC(c2cnn(C)c2)C1.I. The molecule has 2 heterocycles. The van der Waals surface area contributed by atoms with E-state index in [0.29, 0.717) is 25.7 Å². The van der Waals surface area contributed by atoms with E-state index in [1.165, 1.54) is 0 Å². The Morgan fingerprint density at radius 1 is 1.46 bits per heavy atom. The third-order valence-corrected chi connectivity index (χ3v) is 4.13. The molecule has 1 aromatic heterocycles. The summed E-state index contributed by atoms with van der Waals surface area (Å²) < 4.78 is 13.4. The zero-order valence-corrected chi connectivity index (χ0v) is 18.8. The fourth-order valence-corrected chi connectivity index (χ4v) is 2.71. The molecule has 0 saturated carbocycles. The van der Waals surface area contributed by atoms with Crippen molar-refractivity contribution in [2.24, 2.45) is 18.0 Å². The van der Waals surface area contributed by atoms with E-state index < -0.39 is 0 Å². The highest BCUT2D eigenvalue weighted by atomic mass is 127. The van der Waals surface area contributed by atoms with Gasteiger partial charge in [-0.25, -0.2) is 0 Å². The van der Waals surface area contributed by atoms with Gasteiger partial charge in [0.05, 0.1) is 32.5 Å². The molecular weight excluding hydrogens is 445 g/mol. The Labute approximate surface area is 174 Å². The minimum atomic E-state index is 0. The minimum Gasteiger partial charge on any atom is -0.380 e. The van der Waals surface area contributed by atoms with Gasteiger partial charge in [0, 0.05) is 38.5 Å². The van der Waals surface area contributed by atoms with Gasteiger partial charge in [0.25, 0.3) is 0 Å². The van der Waals surface area contributed by atoms with Crippen molar-refractivity contribution in [3.8, 4) is 0 Å². The summed E-state index contributed by atoms with van der Waals surface area (Å²) in [5.74, 6) is 1.62. The van der Waals surface area contributed by atoms with Crippen molar-refractivity contribution in [2.45, 2.75) is 33.3 Å². The smallest absolute Gasteiger partial charge is 0.194 e. The van der Waals surface area contributed by atoms with Crippen molar-refractivity contribution in [1.82, 2.24) is 20.0 Å². The first kappa shape index (κ1) is 23.2. The zero-order chi connectivity index (χ0) is 18.1. The van der Waals surface area contributed by atoms with Crippen LogP contribution in [-0.4, -0.2) is 66.6 Å². The van der Waals surface area contributed by atoms with Crippen LogP contribution in [0.5, 0.6) is 0 Å². The lowest BCUT2D eigenvalue weighted by Gasteiger charge is -2.34. The molecule has 1 aromatic rings. The van der Waals surface area contributed by atoms with Crippen molar-refractivity contribution in [2.75, 3.05) is 46.0 Å². The number of aryl methyl sites for hydroxylation is 1. The van der Waals surface area contributed by atoms with E-state index in [2.05, 4.69) is 36.1 Å². The van der Waals surface area contributed by atoms with Crippen LogP contribution in [0.2, 0.25) is 0 Å². The van der Waals surface area contributed by atoms with Crippen LogP contribution in [0, 0.1) is 5.92 Å². The number of morpholine rings is 1. The second kappa shape index (κ2) is 12.5. The van der Waals surface area contributed by atoms with E-state index in [0.717, 1.165) is 44.2 Å². The Balaban J connectivity index is 0.00000338. The minimum absolute atomic E-state index is 0. The van der Waals surface area contributed by atoms with Gasteiger partial charge in [0.1, 0.15) is 6.10 Å². The van der Waals surface area contributed by atoms with Crippen molar-refractivity contribution in [1.29, 1.82) is 0 Å². The molecule has 7 nitrogen and oxygen atoms in total. The first-order valence-corrected chi connectivity index (χ1v) is 9.31. The molecular formula is C18H34IN5O2. The van der Waals surface area contributed by atoms with E-state index in [9.17, 15) is 0 Å². The molecule has 0 aliphatic carbocycles. The lowest BCUT2D eigenvalue weighted by Crippen LogP contribution is -2.48. The van der Waals surface area contributed by atoms with E-state index in [1.54, 1.807) is 0 Å².